The molecule has 0 radical (unpaired) electrons. The third kappa shape index (κ3) is 5.60. The normalized spacial score (nSPS) is 11.3. The summed E-state index contributed by atoms with van der Waals surface area (Å²) in [5.41, 5.74) is 10.8. The molecule has 8 aromatic carbocycles. The molecule has 0 atom stereocenters. The minimum atomic E-state index is 1.13. The van der Waals surface area contributed by atoms with Gasteiger partial charge in [-0.3, -0.25) is 0 Å². The van der Waals surface area contributed by atoms with Gasteiger partial charge in [-0.1, -0.05) is 164 Å². The van der Waals surface area contributed by atoms with E-state index in [4.69, 9.17) is 0 Å². The summed E-state index contributed by atoms with van der Waals surface area (Å²) in [5, 5.41) is 5.10. The smallest absolute Gasteiger partial charge is 0.0462 e. The monoisotopic (exact) mass is 599 g/mol. The molecule has 0 unspecified atom stereocenters. The van der Waals surface area contributed by atoms with Crippen molar-refractivity contribution in [2.45, 2.75) is 0 Å². The van der Waals surface area contributed by atoms with Gasteiger partial charge in [-0.15, -0.1) is 0 Å². The van der Waals surface area contributed by atoms with Gasteiger partial charge in [-0.2, -0.15) is 0 Å². The number of nitrogens with zero attached hydrogens (tertiary/aromatic N) is 1. The Morgan fingerprint density at radius 3 is 1.02 bits per heavy atom. The highest BCUT2D eigenvalue weighted by molar-refractivity contribution is 6.21. The number of hydrogen-bond acceptors (Lipinski definition) is 1. The molecule has 222 valence electrons. The highest BCUT2D eigenvalue weighted by Gasteiger charge is 2.16. The van der Waals surface area contributed by atoms with E-state index in [1.165, 1.54) is 49.4 Å². The van der Waals surface area contributed by atoms with Crippen LogP contribution in [0.3, 0.4) is 0 Å². The summed E-state index contributed by atoms with van der Waals surface area (Å²) in [6.07, 6.45) is 4.38. The summed E-state index contributed by atoms with van der Waals surface area (Å²) in [5.74, 6) is 0. The Balaban J connectivity index is 1.11. The molecule has 0 bridgehead atoms. The summed E-state index contributed by atoms with van der Waals surface area (Å²) in [4.78, 5) is 2.28. The second-order valence-corrected chi connectivity index (χ2v) is 11.8. The van der Waals surface area contributed by atoms with E-state index in [1.807, 2.05) is 0 Å². The van der Waals surface area contributed by atoms with Crippen LogP contribution in [0.25, 0.3) is 56.0 Å². The molecule has 8 rings (SSSR count). The van der Waals surface area contributed by atoms with Gasteiger partial charge in [0.25, 0.3) is 0 Å². The van der Waals surface area contributed by atoms with Gasteiger partial charge in [0.2, 0.25) is 0 Å². The number of para-hydroxylation sites is 2. The van der Waals surface area contributed by atoms with E-state index in [2.05, 4.69) is 205 Å². The Morgan fingerprint density at radius 1 is 0.277 bits per heavy atom. The minimum Gasteiger partial charge on any atom is -0.311 e. The molecule has 8 aromatic rings. The molecule has 0 aliphatic carbocycles. The van der Waals surface area contributed by atoms with Crippen LogP contribution in [0.15, 0.2) is 188 Å². The van der Waals surface area contributed by atoms with Crippen molar-refractivity contribution in [3.8, 4) is 22.3 Å². The Morgan fingerprint density at radius 2 is 0.596 bits per heavy atom. The standard InChI is InChI=1S/C46H33N/c1-4-14-36(15-5-1)45-41-20-10-12-22-43(41)46(44-23-13-11-21-42(44)45)37-30-26-34(27-31-37)24-25-35-28-32-40(33-29-35)47(38-16-6-2-7-17-38)39-18-8-3-9-19-39/h1-33H/b25-24+. The van der Waals surface area contributed by atoms with Crippen LogP contribution in [0, 0.1) is 0 Å². The van der Waals surface area contributed by atoms with Gasteiger partial charge in [0.15, 0.2) is 0 Å². The van der Waals surface area contributed by atoms with E-state index in [9.17, 15) is 0 Å². The zero-order chi connectivity index (χ0) is 31.4. The topological polar surface area (TPSA) is 3.24 Å². The fourth-order valence-electron chi connectivity index (χ4n) is 6.64. The van der Waals surface area contributed by atoms with Crippen LogP contribution < -0.4 is 4.90 Å². The molecule has 47 heavy (non-hydrogen) atoms. The van der Waals surface area contributed by atoms with Crippen molar-refractivity contribution < 1.29 is 0 Å². The third-order valence-corrected chi connectivity index (χ3v) is 8.84. The lowest BCUT2D eigenvalue weighted by Gasteiger charge is -2.25. The van der Waals surface area contributed by atoms with E-state index < -0.39 is 0 Å². The molecule has 0 saturated carbocycles. The van der Waals surface area contributed by atoms with Crippen molar-refractivity contribution in [3.05, 3.63) is 199 Å². The first kappa shape index (κ1) is 28.3. The van der Waals surface area contributed by atoms with Crippen molar-refractivity contribution in [1.82, 2.24) is 0 Å². The summed E-state index contributed by atoms with van der Waals surface area (Å²) < 4.78 is 0. The lowest BCUT2D eigenvalue weighted by Crippen LogP contribution is -2.09. The molecule has 0 aliphatic heterocycles. The molecule has 0 fully saturated rings. The van der Waals surface area contributed by atoms with Crippen molar-refractivity contribution in [2.75, 3.05) is 4.90 Å². The zero-order valence-corrected chi connectivity index (χ0v) is 26.0. The highest BCUT2D eigenvalue weighted by atomic mass is 15.1. The Kier molecular flexibility index (Phi) is 7.63. The maximum Gasteiger partial charge on any atom is 0.0462 e. The van der Waals surface area contributed by atoms with E-state index >= 15 is 0 Å². The van der Waals surface area contributed by atoms with Crippen molar-refractivity contribution in [3.63, 3.8) is 0 Å². The fourth-order valence-corrected chi connectivity index (χ4v) is 6.64. The molecule has 0 amide bonds. The van der Waals surface area contributed by atoms with Gasteiger partial charge < -0.3 is 4.90 Å². The average molecular weight is 600 g/mol. The van der Waals surface area contributed by atoms with Crippen LogP contribution in [0.5, 0.6) is 0 Å². The molecule has 0 aliphatic rings. The molecular formula is C46H33N. The van der Waals surface area contributed by atoms with Gasteiger partial charge in [-0.25, -0.2) is 0 Å². The van der Waals surface area contributed by atoms with Gasteiger partial charge in [0.05, 0.1) is 0 Å². The number of anilines is 3. The predicted octanol–water partition coefficient (Wildman–Crippen LogP) is 13.0. The summed E-state index contributed by atoms with van der Waals surface area (Å²) in [7, 11) is 0. The first-order valence-corrected chi connectivity index (χ1v) is 16.1. The molecule has 0 aromatic heterocycles. The first-order chi connectivity index (χ1) is 23.3. The van der Waals surface area contributed by atoms with E-state index in [-0.39, 0.29) is 0 Å². The molecular weight excluding hydrogens is 567 g/mol. The van der Waals surface area contributed by atoms with Crippen molar-refractivity contribution >= 4 is 50.8 Å². The van der Waals surface area contributed by atoms with Gasteiger partial charge >= 0.3 is 0 Å². The number of fused-ring (bicyclic) bond motifs is 2. The van der Waals surface area contributed by atoms with Crippen LogP contribution in [0.2, 0.25) is 0 Å². The number of hydrogen-bond donors (Lipinski definition) is 0. The Bertz CT molecular complexity index is 2210. The minimum absolute atomic E-state index is 1.13. The van der Waals surface area contributed by atoms with Crippen molar-refractivity contribution in [1.29, 1.82) is 0 Å². The zero-order valence-electron chi connectivity index (χ0n) is 26.0. The van der Waals surface area contributed by atoms with Crippen molar-refractivity contribution in [2.24, 2.45) is 0 Å². The Hall–Kier alpha value is -6.18. The van der Waals surface area contributed by atoms with Crippen LogP contribution in [0.4, 0.5) is 17.1 Å². The lowest BCUT2D eigenvalue weighted by molar-refractivity contribution is 1.28. The molecule has 0 spiro atoms. The lowest BCUT2D eigenvalue weighted by atomic mass is 9.86. The maximum absolute atomic E-state index is 2.28. The molecule has 1 heteroatoms. The van der Waals surface area contributed by atoms with E-state index in [1.54, 1.807) is 0 Å². The summed E-state index contributed by atoms with van der Waals surface area (Å²) in [6, 6.07) is 67.1. The second kappa shape index (κ2) is 12.7. The summed E-state index contributed by atoms with van der Waals surface area (Å²) in [6.45, 7) is 0. The SMILES string of the molecule is C(=C\c1ccc(N(c2ccccc2)c2ccccc2)cc1)/c1ccc(-c2c3ccccc3c(-c3ccccc3)c3ccccc23)cc1. The quantitative estimate of drug-likeness (QED) is 0.130. The number of benzene rings is 8. The maximum atomic E-state index is 2.28. The Labute approximate surface area is 276 Å². The van der Waals surface area contributed by atoms with Gasteiger partial charge in [0, 0.05) is 17.1 Å². The van der Waals surface area contributed by atoms with Crippen LogP contribution in [-0.4, -0.2) is 0 Å². The van der Waals surface area contributed by atoms with Gasteiger partial charge in [0.1, 0.15) is 0 Å². The van der Waals surface area contributed by atoms with E-state index in [0.717, 1.165) is 22.6 Å². The summed E-state index contributed by atoms with van der Waals surface area (Å²) >= 11 is 0. The molecule has 1 nitrogen and oxygen atoms in total. The molecule has 0 heterocycles. The van der Waals surface area contributed by atoms with Crippen LogP contribution in [0.1, 0.15) is 11.1 Å². The first-order valence-electron chi connectivity index (χ1n) is 16.1. The predicted molar refractivity (Wildman–Crippen MR) is 202 cm³/mol. The third-order valence-electron chi connectivity index (χ3n) is 8.84. The van der Waals surface area contributed by atoms with Crippen LogP contribution in [-0.2, 0) is 0 Å². The largest absolute Gasteiger partial charge is 0.311 e. The number of rotatable bonds is 7. The highest BCUT2D eigenvalue weighted by Crippen LogP contribution is 2.43. The van der Waals surface area contributed by atoms with Crippen LogP contribution >= 0.6 is 0 Å². The molecule has 0 saturated heterocycles. The van der Waals surface area contributed by atoms with Gasteiger partial charge in [-0.05, 0) is 91.3 Å². The average Bonchev–Trinajstić information content (AvgIpc) is 3.15. The fraction of sp³-hybridized carbons (Fsp3) is 0. The second-order valence-electron chi connectivity index (χ2n) is 11.8. The molecule has 0 N–H and O–H groups in total. The van der Waals surface area contributed by atoms with E-state index in [0.29, 0.717) is 0 Å².